The maximum atomic E-state index is 5.50. The highest BCUT2D eigenvalue weighted by atomic mass is 16.3. The van der Waals surface area contributed by atoms with Gasteiger partial charge in [-0.25, -0.2) is 4.68 Å². The van der Waals surface area contributed by atoms with Gasteiger partial charge in [0.25, 0.3) is 0 Å². The smallest absolute Gasteiger partial charge is 0.209 e. The standard InChI is InChI=1S/C21H28N6O/c1-17(2)15-20(21-22-23-24-27(21)16-19-9-6-14-28-19)26-12-10-25(11-13-26)18-7-4-3-5-8-18/h3-9,14,17,20H,10-13,15-16H2,1-2H3/p+1/t20-/m0/s1. The predicted octanol–water partition coefficient (Wildman–Crippen LogP) is 1.81. The van der Waals surface area contributed by atoms with E-state index in [2.05, 4.69) is 64.6 Å². The fourth-order valence-corrected chi connectivity index (χ4v) is 4.09. The van der Waals surface area contributed by atoms with E-state index in [1.165, 1.54) is 5.69 Å². The van der Waals surface area contributed by atoms with Crippen molar-refractivity contribution < 1.29 is 9.32 Å². The normalized spacial score (nSPS) is 16.6. The van der Waals surface area contributed by atoms with Gasteiger partial charge in [-0.2, -0.15) is 0 Å². The second-order valence-electron chi connectivity index (χ2n) is 7.94. The van der Waals surface area contributed by atoms with E-state index in [4.69, 9.17) is 4.42 Å². The highest BCUT2D eigenvalue weighted by Crippen LogP contribution is 2.19. The lowest BCUT2D eigenvalue weighted by Gasteiger charge is -2.37. The zero-order valence-electron chi connectivity index (χ0n) is 16.7. The average Bonchev–Trinajstić information content (AvgIpc) is 3.39. The molecule has 0 bridgehead atoms. The molecule has 1 saturated heterocycles. The second kappa shape index (κ2) is 8.56. The van der Waals surface area contributed by atoms with E-state index in [9.17, 15) is 0 Å². The van der Waals surface area contributed by atoms with Crippen LogP contribution in [0.25, 0.3) is 0 Å². The molecule has 0 amide bonds. The molecule has 1 aliphatic heterocycles. The Morgan fingerprint density at radius 2 is 1.86 bits per heavy atom. The summed E-state index contributed by atoms with van der Waals surface area (Å²) in [4.78, 5) is 4.04. The third kappa shape index (κ3) is 4.25. The topological polar surface area (TPSA) is 64.4 Å². The minimum atomic E-state index is 0.294. The van der Waals surface area contributed by atoms with E-state index >= 15 is 0 Å². The number of rotatable bonds is 7. The maximum absolute atomic E-state index is 5.50. The molecule has 3 aromatic rings. The van der Waals surface area contributed by atoms with Crippen LogP contribution in [0.15, 0.2) is 53.1 Å². The summed E-state index contributed by atoms with van der Waals surface area (Å²) in [7, 11) is 0. The molecule has 3 heterocycles. The fourth-order valence-electron chi connectivity index (χ4n) is 4.09. The van der Waals surface area contributed by atoms with Gasteiger partial charge in [0.15, 0.2) is 0 Å². The number of hydrogen-bond donors (Lipinski definition) is 1. The summed E-state index contributed by atoms with van der Waals surface area (Å²) in [5.74, 6) is 2.42. The Morgan fingerprint density at radius 3 is 2.54 bits per heavy atom. The molecular weight excluding hydrogens is 352 g/mol. The van der Waals surface area contributed by atoms with Gasteiger partial charge in [-0.15, -0.1) is 5.10 Å². The third-order valence-corrected chi connectivity index (χ3v) is 5.48. The monoisotopic (exact) mass is 381 g/mol. The summed E-state index contributed by atoms with van der Waals surface area (Å²) >= 11 is 0. The van der Waals surface area contributed by atoms with Gasteiger partial charge < -0.3 is 14.2 Å². The molecule has 28 heavy (non-hydrogen) atoms. The van der Waals surface area contributed by atoms with Crippen molar-refractivity contribution in [1.82, 2.24) is 20.2 Å². The lowest BCUT2D eigenvalue weighted by molar-refractivity contribution is -0.934. The summed E-state index contributed by atoms with van der Waals surface area (Å²) in [6, 6.07) is 14.8. The van der Waals surface area contributed by atoms with Crippen LogP contribution in [0.3, 0.4) is 0 Å². The Labute approximate surface area is 165 Å². The van der Waals surface area contributed by atoms with Crippen molar-refractivity contribution in [2.45, 2.75) is 32.9 Å². The quantitative estimate of drug-likeness (QED) is 0.676. The molecule has 1 aromatic carbocycles. The van der Waals surface area contributed by atoms with E-state index in [1.54, 1.807) is 11.2 Å². The van der Waals surface area contributed by atoms with Crippen molar-refractivity contribution in [3.8, 4) is 0 Å². The summed E-state index contributed by atoms with van der Waals surface area (Å²) in [5.41, 5.74) is 1.31. The van der Waals surface area contributed by atoms with Crippen LogP contribution < -0.4 is 9.80 Å². The molecule has 148 valence electrons. The van der Waals surface area contributed by atoms with Gasteiger partial charge >= 0.3 is 0 Å². The predicted molar refractivity (Wildman–Crippen MR) is 107 cm³/mol. The lowest BCUT2D eigenvalue weighted by Crippen LogP contribution is -3.15. The van der Waals surface area contributed by atoms with Crippen LogP contribution in [-0.4, -0.2) is 46.4 Å². The highest BCUT2D eigenvalue weighted by Gasteiger charge is 2.33. The van der Waals surface area contributed by atoms with Gasteiger partial charge in [0.05, 0.1) is 32.4 Å². The average molecular weight is 382 g/mol. The number of nitrogens with zero attached hydrogens (tertiary/aromatic N) is 5. The first-order chi connectivity index (χ1) is 13.7. The first-order valence-corrected chi connectivity index (χ1v) is 10.1. The van der Waals surface area contributed by atoms with E-state index in [0.717, 1.165) is 44.2 Å². The molecule has 1 fully saturated rings. The van der Waals surface area contributed by atoms with Crippen molar-refractivity contribution in [3.63, 3.8) is 0 Å². The maximum Gasteiger partial charge on any atom is 0.209 e. The van der Waals surface area contributed by atoms with Crippen molar-refractivity contribution >= 4 is 5.69 Å². The zero-order chi connectivity index (χ0) is 19.3. The van der Waals surface area contributed by atoms with Crippen LogP contribution in [0.5, 0.6) is 0 Å². The summed E-state index contributed by atoms with van der Waals surface area (Å²) < 4.78 is 7.41. The Bertz CT molecular complexity index is 837. The molecule has 7 heteroatoms. The second-order valence-corrected chi connectivity index (χ2v) is 7.94. The summed E-state index contributed by atoms with van der Waals surface area (Å²) in [6.07, 6.45) is 2.76. The van der Waals surface area contributed by atoms with E-state index in [0.29, 0.717) is 18.5 Å². The Kier molecular flexibility index (Phi) is 5.71. The van der Waals surface area contributed by atoms with Crippen molar-refractivity contribution in [1.29, 1.82) is 0 Å². The molecule has 0 saturated carbocycles. The number of furan rings is 1. The van der Waals surface area contributed by atoms with Crippen LogP contribution in [0.2, 0.25) is 0 Å². The van der Waals surface area contributed by atoms with Gasteiger partial charge in [0.1, 0.15) is 18.3 Å². The van der Waals surface area contributed by atoms with Gasteiger partial charge in [-0.3, -0.25) is 0 Å². The number of hydrogen-bond acceptors (Lipinski definition) is 5. The molecule has 1 atom stereocenters. The van der Waals surface area contributed by atoms with Crippen molar-refractivity contribution in [2.24, 2.45) is 5.92 Å². The molecule has 0 unspecified atom stereocenters. The molecule has 2 aromatic heterocycles. The molecule has 0 aliphatic carbocycles. The molecule has 0 spiro atoms. The van der Waals surface area contributed by atoms with Crippen LogP contribution >= 0.6 is 0 Å². The molecule has 7 nitrogen and oxygen atoms in total. The minimum absolute atomic E-state index is 0.294. The van der Waals surface area contributed by atoms with Crippen LogP contribution in [-0.2, 0) is 6.54 Å². The Morgan fingerprint density at radius 1 is 1.07 bits per heavy atom. The van der Waals surface area contributed by atoms with Crippen molar-refractivity contribution in [2.75, 3.05) is 31.1 Å². The minimum Gasteiger partial charge on any atom is -0.467 e. The molecule has 1 aliphatic rings. The number of para-hydroxylation sites is 1. The van der Waals surface area contributed by atoms with E-state index in [-0.39, 0.29) is 0 Å². The van der Waals surface area contributed by atoms with Gasteiger partial charge in [0.2, 0.25) is 5.82 Å². The van der Waals surface area contributed by atoms with E-state index in [1.807, 2.05) is 16.8 Å². The van der Waals surface area contributed by atoms with Gasteiger partial charge in [-0.05, 0) is 40.6 Å². The number of nitrogens with one attached hydrogen (secondary N) is 1. The molecule has 1 N–H and O–H groups in total. The molecule has 0 radical (unpaired) electrons. The number of tetrazole rings is 1. The van der Waals surface area contributed by atoms with Crippen LogP contribution in [0, 0.1) is 5.92 Å². The molecule has 4 rings (SSSR count). The first kappa shape index (κ1) is 18.7. The number of piperazine rings is 1. The Balaban J connectivity index is 1.49. The van der Waals surface area contributed by atoms with Crippen LogP contribution in [0.1, 0.15) is 37.9 Å². The third-order valence-electron chi connectivity index (χ3n) is 5.48. The summed E-state index contributed by atoms with van der Waals surface area (Å²) in [6.45, 7) is 9.38. The Hall–Kier alpha value is -2.67. The largest absolute Gasteiger partial charge is 0.467 e. The van der Waals surface area contributed by atoms with Crippen LogP contribution in [0.4, 0.5) is 5.69 Å². The fraction of sp³-hybridized carbons (Fsp3) is 0.476. The summed E-state index contributed by atoms with van der Waals surface area (Å²) in [5, 5.41) is 12.7. The number of benzene rings is 1. The SMILES string of the molecule is CC(C)C[C@@H](c1nnnn1Cc1ccco1)[NH+]1CCN(c2ccccc2)CC1. The van der Waals surface area contributed by atoms with Gasteiger partial charge in [-0.1, -0.05) is 32.0 Å². The van der Waals surface area contributed by atoms with Gasteiger partial charge in [0, 0.05) is 12.1 Å². The first-order valence-electron chi connectivity index (χ1n) is 10.1. The highest BCUT2D eigenvalue weighted by molar-refractivity contribution is 5.46. The number of aromatic nitrogens is 4. The van der Waals surface area contributed by atoms with E-state index < -0.39 is 0 Å². The lowest BCUT2D eigenvalue weighted by atomic mass is 10.0. The zero-order valence-corrected chi connectivity index (χ0v) is 16.7. The van der Waals surface area contributed by atoms with Crippen molar-refractivity contribution in [3.05, 3.63) is 60.3 Å². The number of quaternary nitrogens is 1. The molecular formula is C21H29N6O+. The number of anilines is 1.